The van der Waals surface area contributed by atoms with E-state index in [9.17, 15) is 13.2 Å². The lowest BCUT2D eigenvalue weighted by molar-refractivity contribution is -0.134. The Kier molecular flexibility index (Phi) is 5.92. The molecule has 154 valence electrons. The molecule has 0 spiro atoms. The van der Waals surface area contributed by atoms with Crippen LogP contribution in [0.1, 0.15) is 50.1 Å². The van der Waals surface area contributed by atoms with Crippen molar-refractivity contribution in [3.63, 3.8) is 0 Å². The molecule has 9 heteroatoms. The van der Waals surface area contributed by atoms with Crippen molar-refractivity contribution in [1.82, 2.24) is 14.2 Å². The van der Waals surface area contributed by atoms with Crippen LogP contribution < -0.4 is 0 Å². The van der Waals surface area contributed by atoms with Gasteiger partial charge in [0.1, 0.15) is 4.90 Å². The van der Waals surface area contributed by atoms with Gasteiger partial charge in [0.15, 0.2) is 0 Å². The number of carbonyl (C=O) groups excluding carboxylic acids is 1. The predicted molar refractivity (Wildman–Crippen MR) is 105 cm³/mol. The Labute approximate surface area is 171 Å². The zero-order chi connectivity index (χ0) is 19.7. The highest BCUT2D eigenvalue weighted by molar-refractivity contribution is 7.89. The van der Waals surface area contributed by atoms with Crippen molar-refractivity contribution >= 4 is 27.5 Å². The van der Waals surface area contributed by atoms with Crippen molar-refractivity contribution in [2.24, 2.45) is 0 Å². The topological polar surface area (TPSA) is 79.8 Å². The van der Waals surface area contributed by atoms with Crippen LogP contribution in [-0.4, -0.2) is 67.4 Å². The van der Waals surface area contributed by atoms with Gasteiger partial charge >= 0.3 is 0 Å². The van der Waals surface area contributed by atoms with Crippen LogP contribution >= 0.6 is 11.6 Å². The summed E-state index contributed by atoms with van der Waals surface area (Å²) in [6.45, 7) is 2.10. The lowest BCUT2D eigenvalue weighted by Crippen LogP contribution is -2.51. The number of aromatic nitrogens is 1. The van der Waals surface area contributed by atoms with E-state index in [1.165, 1.54) is 16.6 Å². The number of rotatable bonds is 5. The van der Waals surface area contributed by atoms with E-state index >= 15 is 0 Å². The molecule has 1 aromatic heterocycles. The summed E-state index contributed by atoms with van der Waals surface area (Å²) in [5.41, 5.74) is 0.632. The van der Waals surface area contributed by atoms with E-state index in [0.717, 1.165) is 38.7 Å². The highest BCUT2D eigenvalue weighted by Gasteiger charge is 2.35. The van der Waals surface area contributed by atoms with Gasteiger partial charge in [-0.05, 0) is 31.7 Å². The van der Waals surface area contributed by atoms with Gasteiger partial charge in [0.2, 0.25) is 15.9 Å². The first-order valence-electron chi connectivity index (χ1n) is 10.00. The van der Waals surface area contributed by atoms with Gasteiger partial charge in [-0.3, -0.25) is 9.78 Å². The summed E-state index contributed by atoms with van der Waals surface area (Å²) in [5.74, 6) is 0.236. The van der Waals surface area contributed by atoms with Crippen molar-refractivity contribution in [2.45, 2.75) is 55.4 Å². The Morgan fingerprint density at radius 3 is 2.54 bits per heavy atom. The zero-order valence-corrected chi connectivity index (χ0v) is 17.4. The number of ether oxygens (including phenoxy) is 1. The Morgan fingerprint density at radius 1 is 1.18 bits per heavy atom. The normalized spacial score (nSPS) is 24.3. The average molecular weight is 428 g/mol. The zero-order valence-electron chi connectivity index (χ0n) is 15.8. The number of pyridine rings is 1. The van der Waals surface area contributed by atoms with Gasteiger partial charge in [-0.15, -0.1) is 0 Å². The maximum atomic E-state index is 13.3. The molecular formula is C19H26ClN3O4S. The second-order valence-electron chi connectivity index (χ2n) is 7.79. The molecule has 28 heavy (non-hydrogen) atoms. The second-order valence-corrected chi connectivity index (χ2v) is 10.1. The number of sulfonamides is 1. The van der Waals surface area contributed by atoms with E-state index in [4.69, 9.17) is 16.3 Å². The molecule has 4 rings (SSSR count). The summed E-state index contributed by atoms with van der Waals surface area (Å²) in [6.07, 6.45) is 6.86. The van der Waals surface area contributed by atoms with Crippen molar-refractivity contribution < 1.29 is 17.9 Å². The molecule has 3 aliphatic rings. The fourth-order valence-electron chi connectivity index (χ4n) is 4.07. The molecule has 7 nitrogen and oxygen atoms in total. The first kappa shape index (κ1) is 20.1. The lowest BCUT2D eigenvalue weighted by Gasteiger charge is -2.35. The number of carbonyl (C=O) groups is 1. The van der Waals surface area contributed by atoms with E-state index in [-0.39, 0.29) is 35.9 Å². The number of halogens is 1. The van der Waals surface area contributed by atoms with Gasteiger partial charge in [-0.1, -0.05) is 18.0 Å². The van der Waals surface area contributed by atoms with Crippen LogP contribution in [0.15, 0.2) is 17.2 Å². The second kappa shape index (κ2) is 8.26. The third kappa shape index (κ3) is 4.06. The molecule has 2 aliphatic heterocycles. The van der Waals surface area contributed by atoms with Gasteiger partial charge in [-0.2, -0.15) is 4.31 Å². The smallest absolute Gasteiger partial charge is 0.245 e. The molecule has 0 N–H and O–H groups in total. The van der Waals surface area contributed by atoms with E-state index in [0.29, 0.717) is 30.2 Å². The lowest BCUT2D eigenvalue weighted by atomic mass is 9.83. The van der Waals surface area contributed by atoms with Crippen LogP contribution in [0.3, 0.4) is 0 Å². The predicted octanol–water partition coefficient (Wildman–Crippen LogP) is 2.40. The van der Waals surface area contributed by atoms with E-state index in [1.54, 1.807) is 4.90 Å². The molecule has 3 fully saturated rings. The van der Waals surface area contributed by atoms with Crippen LogP contribution in [-0.2, 0) is 19.6 Å². The molecule has 1 atom stereocenters. The van der Waals surface area contributed by atoms with Crippen molar-refractivity contribution in [3.8, 4) is 0 Å². The molecule has 2 saturated heterocycles. The van der Waals surface area contributed by atoms with Gasteiger partial charge in [0.05, 0.1) is 23.2 Å². The largest absolute Gasteiger partial charge is 0.378 e. The molecule has 0 aromatic carbocycles. The fourth-order valence-corrected chi connectivity index (χ4v) is 5.98. The Hall–Kier alpha value is -1.22. The average Bonchev–Trinajstić information content (AvgIpc) is 3.14. The third-order valence-corrected chi connectivity index (χ3v) is 8.11. The first-order chi connectivity index (χ1) is 13.4. The quantitative estimate of drug-likeness (QED) is 0.720. The number of nitrogens with zero attached hydrogens (tertiary/aromatic N) is 3. The van der Waals surface area contributed by atoms with Crippen LogP contribution in [0.25, 0.3) is 0 Å². The van der Waals surface area contributed by atoms with E-state index in [1.807, 2.05) is 0 Å². The van der Waals surface area contributed by atoms with Crippen molar-refractivity contribution in [3.05, 3.63) is 23.0 Å². The molecule has 1 aromatic rings. The maximum Gasteiger partial charge on any atom is 0.245 e. The number of hydrogen-bond donors (Lipinski definition) is 0. The Balaban J connectivity index is 1.44. The SMILES string of the molecule is O=C(CC1CCCO1)N1CCN(S(=O)(=O)c2cc(Cl)cnc2C2CCC2)CC1. The summed E-state index contributed by atoms with van der Waals surface area (Å²) in [6, 6.07) is 1.52. The summed E-state index contributed by atoms with van der Waals surface area (Å²) < 4.78 is 33.5. The Morgan fingerprint density at radius 2 is 1.93 bits per heavy atom. The van der Waals surface area contributed by atoms with Crippen LogP contribution in [0.5, 0.6) is 0 Å². The summed E-state index contributed by atoms with van der Waals surface area (Å²) in [7, 11) is -3.68. The van der Waals surface area contributed by atoms with Crippen molar-refractivity contribution in [2.75, 3.05) is 32.8 Å². The number of piperazine rings is 1. The molecule has 1 unspecified atom stereocenters. The van der Waals surface area contributed by atoms with Gasteiger partial charge in [0, 0.05) is 44.9 Å². The third-order valence-electron chi connectivity index (χ3n) is 5.98. The highest BCUT2D eigenvalue weighted by Crippen LogP contribution is 2.39. The Bertz CT molecular complexity index is 830. The van der Waals surface area contributed by atoms with Gasteiger partial charge < -0.3 is 9.64 Å². The molecule has 3 heterocycles. The van der Waals surface area contributed by atoms with E-state index in [2.05, 4.69) is 4.98 Å². The standard InChI is InChI=1S/C19H26ClN3O4S/c20-15-11-17(19(21-13-15)14-3-1-4-14)28(25,26)23-8-6-22(7-9-23)18(24)12-16-5-2-10-27-16/h11,13-14,16H,1-10,12H2. The van der Waals surface area contributed by atoms with Crippen molar-refractivity contribution in [1.29, 1.82) is 0 Å². The monoisotopic (exact) mass is 427 g/mol. The highest BCUT2D eigenvalue weighted by atomic mass is 35.5. The summed E-state index contributed by atoms with van der Waals surface area (Å²) >= 11 is 6.06. The first-order valence-corrected chi connectivity index (χ1v) is 11.8. The summed E-state index contributed by atoms with van der Waals surface area (Å²) in [5, 5.41) is 0.326. The van der Waals surface area contributed by atoms with Crippen LogP contribution in [0.2, 0.25) is 5.02 Å². The minimum Gasteiger partial charge on any atom is -0.378 e. The van der Waals surface area contributed by atoms with Crippen LogP contribution in [0.4, 0.5) is 0 Å². The molecule has 1 amide bonds. The van der Waals surface area contributed by atoms with Crippen LogP contribution in [0, 0.1) is 0 Å². The number of amides is 1. The number of hydrogen-bond acceptors (Lipinski definition) is 5. The fraction of sp³-hybridized carbons (Fsp3) is 0.684. The molecule has 1 saturated carbocycles. The summed E-state index contributed by atoms with van der Waals surface area (Å²) in [4.78, 5) is 18.8. The van der Waals surface area contributed by atoms with Gasteiger partial charge in [0.25, 0.3) is 0 Å². The molecule has 1 aliphatic carbocycles. The van der Waals surface area contributed by atoms with E-state index < -0.39 is 10.0 Å². The minimum atomic E-state index is -3.68. The molecule has 0 bridgehead atoms. The minimum absolute atomic E-state index is 0.0110. The molecule has 0 radical (unpaired) electrons. The maximum absolute atomic E-state index is 13.3. The molecular weight excluding hydrogens is 402 g/mol. The van der Waals surface area contributed by atoms with Gasteiger partial charge in [-0.25, -0.2) is 8.42 Å².